The highest BCUT2D eigenvalue weighted by molar-refractivity contribution is 5.72. The molecule has 1 atom stereocenters. The summed E-state index contributed by atoms with van der Waals surface area (Å²) in [6.45, 7) is 4.27. The van der Waals surface area contributed by atoms with Crippen molar-refractivity contribution in [1.29, 1.82) is 0 Å². The van der Waals surface area contributed by atoms with E-state index in [1.165, 1.54) is 18.4 Å². The van der Waals surface area contributed by atoms with E-state index in [1.807, 2.05) is 24.3 Å². The van der Waals surface area contributed by atoms with Crippen molar-refractivity contribution in [2.75, 3.05) is 13.1 Å². The molecule has 19 heavy (non-hydrogen) atoms. The molecule has 1 aliphatic rings. The molecule has 1 aromatic rings. The van der Waals surface area contributed by atoms with Crippen LogP contribution in [-0.2, 0) is 11.2 Å². The van der Waals surface area contributed by atoms with Gasteiger partial charge >= 0.3 is 5.97 Å². The van der Waals surface area contributed by atoms with Gasteiger partial charge in [-0.2, -0.15) is 0 Å². The molecule has 0 aliphatic carbocycles. The van der Waals surface area contributed by atoms with E-state index in [0.717, 1.165) is 25.9 Å². The molecule has 0 bridgehead atoms. The molecule has 1 N–H and O–H groups in total. The van der Waals surface area contributed by atoms with E-state index in [9.17, 15) is 4.79 Å². The quantitative estimate of drug-likeness (QED) is 0.654. The lowest BCUT2D eigenvalue weighted by molar-refractivity contribution is -0.134. The van der Waals surface area contributed by atoms with E-state index < -0.39 is 0 Å². The third-order valence-electron chi connectivity index (χ3n) is 3.72. The second-order valence-electron chi connectivity index (χ2n) is 5.22. The molecule has 1 aliphatic heterocycles. The van der Waals surface area contributed by atoms with Crippen molar-refractivity contribution in [3.05, 3.63) is 29.8 Å². The maximum atomic E-state index is 11.8. The first-order chi connectivity index (χ1) is 9.28. The molecule has 1 aromatic carbocycles. The average Bonchev–Trinajstić information content (AvgIpc) is 2.47. The maximum Gasteiger partial charge on any atom is 0.311 e. The number of hydrogen-bond acceptors (Lipinski definition) is 3. The van der Waals surface area contributed by atoms with Crippen LogP contribution in [0, 0.1) is 5.92 Å². The zero-order valence-electron chi connectivity index (χ0n) is 11.7. The van der Waals surface area contributed by atoms with Crippen LogP contribution in [0.3, 0.4) is 0 Å². The minimum Gasteiger partial charge on any atom is -0.427 e. The molecule has 1 saturated heterocycles. The molecule has 0 aromatic heterocycles. The van der Waals surface area contributed by atoms with Gasteiger partial charge in [0.15, 0.2) is 0 Å². The van der Waals surface area contributed by atoms with Crippen LogP contribution in [0.1, 0.15) is 38.2 Å². The lowest BCUT2D eigenvalue weighted by Gasteiger charge is -2.22. The van der Waals surface area contributed by atoms with Gasteiger partial charge in [-0.3, -0.25) is 4.79 Å². The Morgan fingerprint density at radius 3 is 2.79 bits per heavy atom. The lowest BCUT2D eigenvalue weighted by atomic mass is 9.95. The summed E-state index contributed by atoms with van der Waals surface area (Å²) in [4.78, 5) is 11.8. The van der Waals surface area contributed by atoms with Gasteiger partial charge in [-0.05, 0) is 62.4 Å². The molecular formula is C16H23NO2. The smallest absolute Gasteiger partial charge is 0.311 e. The minimum absolute atomic E-state index is 0.116. The topological polar surface area (TPSA) is 38.3 Å². The van der Waals surface area contributed by atoms with E-state index in [0.29, 0.717) is 18.1 Å². The monoisotopic (exact) mass is 261 g/mol. The Hall–Kier alpha value is -1.35. The predicted molar refractivity (Wildman–Crippen MR) is 76.3 cm³/mol. The normalized spacial score (nSPS) is 19.1. The van der Waals surface area contributed by atoms with E-state index in [2.05, 4.69) is 12.2 Å². The summed E-state index contributed by atoms with van der Waals surface area (Å²) in [5, 5.41) is 3.37. The van der Waals surface area contributed by atoms with Gasteiger partial charge in [-0.25, -0.2) is 0 Å². The summed E-state index contributed by atoms with van der Waals surface area (Å²) < 4.78 is 5.35. The van der Waals surface area contributed by atoms with Gasteiger partial charge < -0.3 is 10.1 Å². The number of ether oxygens (including phenoxy) is 1. The van der Waals surface area contributed by atoms with Gasteiger partial charge in [0.1, 0.15) is 5.75 Å². The number of esters is 1. The highest BCUT2D eigenvalue weighted by atomic mass is 16.5. The average molecular weight is 261 g/mol. The van der Waals surface area contributed by atoms with Gasteiger partial charge in [-0.1, -0.05) is 19.1 Å². The van der Waals surface area contributed by atoms with Crippen LogP contribution in [0.25, 0.3) is 0 Å². The molecule has 1 fully saturated rings. The van der Waals surface area contributed by atoms with Crippen LogP contribution in [0.15, 0.2) is 24.3 Å². The van der Waals surface area contributed by atoms with Crippen LogP contribution >= 0.6 is 0 Å². The summed E-state index contributed by atoms with van der Waals surface area (Å²) in [5.41, 5.74) is 1.26. The van der Waals surface area contributed by atoms with E-state index >= 15 is 0 Å². The largest absolute Gasteiger partial charge is 0.427 e. The van der Waals surface area contributed by atoms with Crippen molar-refractivity contribution in [3.63, 3.8) is 0 Å². The molecule has 0 saturated carbocycles. The first-order valence-electron chi connectivity index (χ1n) is 7.28. The number of carbonyl (C=O) groups excluding carboxylic acids is 1. The Balaban J connectivity index is 1.73. The van der Waals surface area contributed by atoms with Crippen molar-refractivity contribution < 1.29 is 9.53 Å². The number of benzene rings is 1. The number of nitrogens with one attached hydrogen (secondary N) is 1. The lowest BCUT2D eigenvalue weighted by Crippen LogP contribution is -2.30. The van der Waals surface area contributed by atoms with E-state index in [1.54, 1.807) is 0 Å². The number of hydrogen-bond donors (Lipinski definition) is 1. The molecule has 3 nitrogen and oxygen atoms in total. The van der Waals surface area contributed by atoms with Gasteiger partial charge in [0.25, 0.3) is 0 Å². The third-order valence-corrected chi connectivity index (χ3v) is 3.72. The molecule has 104 valence electrons. The zero-order chi connectivity index (χ0) is 13.5. The molecule has 2 rings (SSSR count). The summed E-state index contributed by atoms with van der Waals surface area (Å²) >= 11 is 0. The SMILES string of the molecule is CCc1ccc(OC(=O)CCC2CCCNC2)cc1. The first kappa shape index (κ1) is 14.1. The highest BCUT2D eigenvalue weighted by Crippen LogP contribution is 2.18. The second-order valence-corrected chi connectivity index (χ2v) is 5.22. The Bertz CT molecular complexity index is 394. The third kappa shape index (κ3) is 4.67. The summed E-state index contributed by atoms with van der Waals surface area (Å²) in [6, 6.07) is 7.76. The molecule has 0 amide bonds. The number of carbonyl (C=O) groups is 1. The summed E-state index contributed by atoms with van der Waals surface area (Å²) in [7, 11) is 0. The van der Waals surface area contributed by atoms with Crippen molar-refractivity contribution >= 4 is 5.97 Å². The standard InChI is InChI=1S/C16H23NO2/c1-2-13-5-8-15(9-6-13)19-16(18)10-7-14-4-3-11-17-12-14/h5-6,8-9,14,17H,2-4,7,10-12H2,1H3. The van der Waals surface area contributed by atoms with Crippen molar-refractivity contribution in [2.45, 2.75) is 39.0 Å². The van der Waals surface area contributed by atoms with Crippen molar-refractivity contribution in [3.8, 4) is 5.75 Å². The Morgan fingerprint density at radius 2 is 2.16 bits per heavy atom. The molecule has 3 heteroatoms. The fourth-order valence-corrected chi connectivity index (χ4v) is 2.47. The molecular weight excluding hydrogens is 238 g/mol. The molecule has 1 unspecified atom stereocenters. The molecule has 0 spiro atoms. The van der Waals surface area contributed by atoms with Gasteiger partial charge in [0.2, 0.25) is 0 Å². The van der Waals surface area contributed by atoms with E-state index in [-0.39, 0.29) is 5.97 Å². The summed E-state index contributed by atoms with van der Waals surface area (Å²) in [6.07, 6.45) is 4.90. The van der Waals surface area contributed by atoms with Crippen LogP contribution < -0.4 is 10.1 Å². The Kier molecular flexibility index (Phi) is 5.40. The van der Waals surface area contributed by atoms with Crippen molar-refractivity contribution in [1.82, 2.24) is 5.32 Å². The van der Waals surface area contributed by atoms with Gasteiger partial charge in [0.05, 0.1) is 0 Å². The Morgan fingerprint density at radius 1 is 1.37 bits per heavy atom. The maximum absolute atomic E-state index is 11.8. The number of piperidine rings is 1. The zero-order valence-corrected chi connectivity index (χ0v) is 11.7. The Labute approximate surface area is 115 Å². The van der Waals surface area contributed by atoms with Gasteiger partial charge in [0, 0.05) is 6.42 Å². The highest BCUT2D eigenvalue weighted by Gasteiger charge is 2.15. The van der Waals surface area contributed by atoms with Crippen LogP contribution in [0.4, 0.5) is 0 Å². The van der Waals surface area contributed by atoms with Crippen LogP contribution in [0.5, 0.6) is 5.75 Å². The number of rotatable bonds is 5. The first-order valence-corrected chi connectivity index (χ1v) is 7.28. The van der Waals surface area contributed by atoms with Crippen molar-refractivity contribution in [2.24, 2.45) is 5.92 Å². The predicted octanol–water partition coefficient (Wildman–Crippen LogP) is 2.93. The van der Waals surface area contributed by atoms with Crippen LogP contribution in [0.2, 0.25) is 0 Å². The number of aryl methyl sites for hydroxylation is 1. The van der Waals surface area contributed by atoms with Gasteiger partial charge in [-0.15, -0.1) is 0 Å². The van der Waals surface area contributed by atoms with Crippen LogP contribution in [-0.4, -0.2) is 19.1 Å². The second kappa shape index (κ2) is 7.29. The van der Waals surface area contributed by atoms with E-state index in [4.69, 9.17) is 4.74 Å². The molecule has 0 radical (unpaired) electrons. The fourth-order valence-electron chi connectivity index (χ4n) is 2.47. The molecule has 1 heterocycles. The minimum atomic E-state index is -0.116. The summed E-state index contributed by atoms with van der Waals surface area (Å²) in [5.74, 6) is 1.17. The fraction of sp³-hybridized carbons (Fsp3) is 0.562.